The lowest BCUT2D eigenvalue weighted by atomic mass is 9.98. The molecule has 3 N–H and O–H groups in total. The van der Waals surface area contributed by atoms with Crippen LogP contribution in [0.5, 0.6) is 0 Å². The molecule has 1 spiro atoms. The fourth-order valence-electron chi connectivity index (χ4n) is 8.35. The van der Waals surface area contributed by atoms with E-state index < -0.39 is 44.2 Å². The number of nitro groups is 1. The number of benzene rings is 3. The second-order valence-corrected chi connectivity index (χ2v) is 18.0. The Hall–Kier alpha value is -6.06. The van der Waals surface area contributed by atoms with Gasteiger partial charge in [0, 0.05) is 43.6 Å². The maximum absolute atomic E-state index is 14.3. The predicted molar refractivity (Wildman–Crippen MR) is 232 cm³/mol. The summed E-state index contributed by atoms with van der Waals surface area (Å²) in [6.45, 7) is 2.57. The summed E-state index contributed by atoms with van der Waals surface area (Å²) in [4.78, 5) is 49.9. The Kier molecular flexibility index (Phi) is 13.8. The number of aromatic nitrogens is 4. The van der Waals surface area contributed by atoms with Crippen LogP contribution >= 0.6 is 0 Å². The molecule has 8 rings (SSSR count). The van der Waals surface area contributed by atoms with Gasteiger partial charge in [-0.05, 0) is 54.0 Å². The largest absolute Gasteiger partial charge is 0.481 e. The number of anilines is 1. The highest BCUT2D eigenvalue weighted by Crippen LogP contribution is 2.49. The van der Waals surface area contributed by atoms with Gasteiger partial charge in [0.2, 0.25) is 10.0 Å². The lowest BCUT2D eigenvalue weighted by Gasteiger charge is -2.29. The van der Waals surface area contributed by atoms with E-state index in [1.54, 1.807) is 6.33 Å². The van der Waals surface area contributed by atoms with Gasteiger partial charge in [-0.1, -0.05) is 60.7 Å². The van der Waals surface area contributed by atoms with Crippen molar-refractivity contribution in [2.24, 2.45) is 5.41 Å². The third kappa shape index (κ3) is 10.2. The van der Waals surface area contributed by atoms with Gasteiger partial charge in [0.25, 0.3) is 5.69 Å². The molecule has 3 heterocycles. The molecule has 1 aliphatic heterocycles. The number of carboxylic acids is 1. The molecule has 338 valence electrons. The first kappa shape index (κ1) is 44.5. The van der Waals surface area contributed by atoms with Crippen LogP contribution in [-0.4, -0.2) is 120 Å². The first-order valence-corrected chi connectivity index (χ1v) is 22.7. The number of alkyl carbamates (subject to hydrolysis) is 1. The quantitative estimate of drug-likeness (QED) is 0.0526. The number of fused-ring (bicyclic) bond motifs is 4. The van der Waals surface area contributed by atoms with Gasteiger partial charge in [0.1, 0.15) is 12.1 Å². The summed E-state index contributed by atoms with van der Waals surface area (Å²) < 4.78 is 54.3. The van der Waals surface area contributed by atoms with Crippen molar-refractivity contribution in [3.05, 3.63) is 106 Å². The van der Waals surface area contributed by atoms with Gasteiger partial charge >= 0.3 is 12.1 Å². The number of rotatable bonds is 19. The number of hydrogen-bond donors (Lipinski definition) is 3. The van der Waals surface area contributed by atoms with Crippen LogP contribution in [0, 0.1) is 15.5 Å². The maximum Gasteiger partial charge on any atom is 0.407 e. The number of nitrogens with one attached hydrogen (secondary N) is 2. The highest BCUT2D eigenvalue weighted by molar-refractivity contribution is 7.89. The summed E-state index contributed by atoms with van der Waals surface area (Å²) in [5.41, 5.74) is 4.31. The third-order valence-corrected chi connectivity index (χ3v) is 13.6. The fraction of sp³-hybridized carbons (Fsp3) is 0.432. The molecule has 0 radical (unpaired) electrons. The van der Waals surface area contributed by atoms with Crippen molar-refractivity contribution in [2.45, 2.75) is 55.5 Å². The Morgan fingerprint density at radius 3 is 2.22 bits per heavy atom. The highest BCUT2D eigenvalue weighted by atomic mass is 32.2. The van der Waals surface area contributed by atoms with Gasteiger partial charge in [-0.3, -0.25) is 14.9 Å². The molecule has 5 aromatic rings. The van der Waals surface area contributed by atoms with E-state index >= 15 is 0 Å². The summed E-state index contributed by atoms with van der Waals surface area (Å²) in [5, 5.41) is 27.0. The first-order chi connectivity index (χ1) is 31.0. The molecule has 1 saturated carbocycles. The minimum atomic E-state index is -4.33. The molecule has 1 atom stereocenters. The Labute approximate surface area is 369 Å². The zero-order valence-corrected chi connectivity index (χ0v) is 35.9. The van der Waals surface area contributed by atoms with Gasteiger partial charge in [-0.25, -0.2) is 28.2 Å². The molecule has 1 fully saturated rings. The number of para-hydroxylation sites is 1. The molecule has 2 aliphatic carbocycles. The molecule has 2 bridgehead atoms. The number of amides is 1. The Balaban J connectivity index is 1.01. The Morgan fingerprint density at radius 2 is 1.53 bits per heavy atom. The normalized spacial score (nSPS) is 17.0. The van der Waals surface area contributed by atoms with E-state index in [4.69, 9.17) is 34.0 Å². The van der Waals surface area contributed by atoms with Crippen molar-refractivity contribution in [1.29, 1.82) is 0 Å². The smallest absolute Gasteiger partial charge is 0.407 e. The number of sulfonamides is 1. The molecule has 3 aromatic carbocycles. The third-order valence-electron chi connectivity index (χ3n) is 11.7. The number of carbonyl (C=O) groups excluding carboxylic acids is 1. The standard InChI is InChI=1S/C44H50N8O11S/c53-38(54)15-20-60-22-24-62-25-23-61-21-18-45-41-39-42-49-40(48-41)35(47-43(55)63-26-34-32-10-3-1-8-30(32)31-9-2-4-11-33(31)34)12-7-19-51(28-44(16-17-44)27-50(42)29-46-39)64(58,59)37-14-6-5-13-36(37)52(56)57/h1-6,8-11,13-14,29,34-35H,7,12,15-28H2,(H,47,55)(H,53,54)(H,45,48,49). The number of nitrogens with zero attached hydrogens (tertiary/aromatic N) is 6. The van der Waals surface area contributed by atoms with Crippen LogP contribution in [0.25, 0.3) is 22.3 Å². The van der Waals surface area contributed by atoms with Crippen molar-refractivity contribution in [3.63, 3.8) is 0 Å². The van der Waals surface area contributed by atoms with Crippen LogP contribution in [-0.2, 0) is 40.3 Å². The average molecular weight is 899 g/mol. The van der Waals surface area contributed by atoms with Crippen molar-refractivity contribution in [1.82, 2.24) is 29.1 Å². The molecule has 20 heteroatoms. The second kappa shape index (κ2) is 19.8. The minimum absolute atomic E-state index is 0.0158. The molecular weight excluding hydrogens is 849 g/mol. The van der Waals surface area contributed by atoms with Crippen molar-refractivity contribution >= 4 is 44.8 Å². The molecular formula is C44H50N8O11S. The number of imidazole rings is 1. The zero-order chi connectivity index (χ0) is 44.7. The van der Waals surface area contributed by atoms with E-state index in [0.29, 0.717) is 56.5 Å². The SMILES string of the molecule is O=C(O)CCOCCOCCOCCNc1nc2nc3c1ncn3CC1(CC1)CN(S(=O)(=O)c1ccccc1[N+](=O)[O-])CCCC2NC(=O)OCC1c2ccccc2-c2ccccc21. The monoisotopic (exact) mass is 898 g/mol. The average Bonchev–Trinajstić information content (AvgIpc) is 3.81. The number of nitro benzene ring substituents is 1. The number of carboxylic acid groups (broad SMARTS) is 1. The van der Waals surface area contributed by atoms with Crippen LogP contribution in [0.4, 0.5) is 16.3 Å². The summed E-state index contributed by atoms with van der Waals surface area (Å²) in [6, 6.07) is 20.6. The van der Waals surface area contributed by atoms with Crippen LogP contribution in [0.15, 0.2) is 84.0 Å². The number of aliphatic carboxylic acids is 1. The van der Waals surface area contributed by atoms with Gasteiger partial charge in [-0.15, -0.1) is 0 Å². The van der Waals surface area contributed by atoms with E-state index in [0.717, 1.165) is 35.1 Å². The number of ether oxygens (including phenoxy) is 4. The second-order valence-electron chi connectivity index (χ2n) is 16.1. The molecule has 3 aliphatic rings. The van der Waals surface area contributed by atoms with Gasteiger partial charge in [0.05, 0.1) is 63.4 Å². The predicted octanol–water partition coefficient (Wildman–Crippen LogP) is 5.52. The van der Waals surface area contributed by atoms with Gasteiger partial charge in [-0.2, -0.15) is 4.31 Å². The first-order valence-electron chi connectivity index (χ1n) is 21.3. The summed E-state index contributed by atoms with van der Waals surface area (Å²) in [6.07, 6.45) is 2.78. The lowest BCUT2D eigenvalue weighted by Crippen LogP contribution is -2.39. The molecule has 2 aromatic heterocycles. The Bertz CT molecular complexity index is 2560. The van der Waals surface area contributed by atoms with Crippen molar-refractivity contribution in [2.75, 3.05) is 71.2 Å². The van der Waals surface area contributed by atoms with Crippen LogP contribution in [0.3, 0.4) is 0 Å². The van der Waals surface area contributed by atoms with E-state index in [-0.39, 0.29) is 68.8 Å². The summed E-state index contributed by atoms with van der Waals surface area (Å²) in [7, 11) is -4.33. The van der Waals surface area contributed by atoms with Gasteiger partial charge in [0.15, 0.2) is 22.2 Å². The van der Waals surface area contributed by atoms with Crippen molar-refractivity contribution in [3.8, 4) is 11.1 Å². The minimum Gasteiger partial charge on any atom is -0.481 e. The lowest BCUT2D eigenvalue weighted by molar-refractivity contribution is -0.387. The van der Waals surface area contributed by atoms with Crippen LogP contribution in [0.2, 0.25) is 0 Å². The zero-order valence-electron chi connectivity index (χ0n) is 35.1. The molecule has 1 amide bonds. The topological polar surface area (TPSA) is 239 Å². The van der Waals surface area contributed by atoms with Crippen LogP contribution in [0.1, 0.15) is 61.0 Å². The van der Waals surface area contributed by atoms with Crippen LogP contribution < -0.4 is 10.6 Å². The van der Waals surface area contributed by atoms with Crippen molar-refractivity contribution < 1.29 is 47.0 Å². The van der Waals surface area contributed by atoms with E-state index in [1.807, 2.05) is 41.0 Å². The number of carbonyl (C=O) groups is 2. The Morgan fingerprint density at radius 1 is 0.875 bits per heavy atom. The van der Waals surface area contributed by atoms with Gasteiger partial charge < -0.3 is 39.3 Å². The molecule has 64 heavy (non-hydrogen) atoms. The summed E-state index contributed by atoms with van der Waals surface area (Å²) >= 11 is 0. The van der Waals surface area contributed by atoms with E-state index in [2.05, 4.69) is 27.8 Å². The fourth-order valence-corrected chi connectivity index (χ4v) is 10.1. The maximum atomic E-state index is 14.3. The molecule has 0 saturated heterocycles. The summed E-state index contributed by atoms with van der Waals surface area (Å²) in [5.74, 6) is -0.403. The van der Waals surface area contributed by atoms with E-state index in [9.17, 15) is 28.1 Å². The van der Waals surface area contributed by atoms with E-state index in [1.165, 1.54) is 28.6 Å². The molecule has 1 unspecified atom stereocenters. The number of hydrogen-bond acceptors (Lipinski definition) is 14. The highest BCUT2D eigenvalue weighted by Gasteiger charge is 2.47. The molecule has 19 nitrogen and oxygen atoms in total.